The van der Waals surface area contributed by atoms with Gasteiger partial charge in [0.05, 0.1) is 12.3 Å². The van der Waals surface area contributed by atoms with Gasteiger partial charge in [-0.25, -0.2) is 0 Å². The molecule has 0 N–H and O–H groups in total. The van der Waals surface area contributed by atoms with E-state index in [1.807, 2.05) is 30.7 Å². The average molecular weight is 372 g/mol. The smallest absolute Gasteiger partial charge is 0.0618 e. The molecule has 26 heavy (non-hydrogen) atoms. The highest BCUT2D eigenvalue weighted by Crippen LogP contribution is 2.44. The molecule has 1 atom stereocenters. The van der Waals surface area contributed by atoms with Crippen LogP contribution in [0.2, 0.25) is 0 Å². The van der Waals surface area contributed by atoms with Crippen LogP contribution in [-0.2, 0) is 17.8 Å². The molecule has 0 aliphatic carbocycles. The van der Waals surface area contributed by atoms with Crippen molar-refractivity contribution in [2.75, 3.05) is 33.4 Å². The van der Waals surface area contributed by atoms with E-state index in [0.29, 0.717) is 11.5 Å². The fourth-order valence-electron chi connectivity index (χ4n) is 4.67. The van der Waals surface area contributed by atoms with Crippen LogP contribution in [-0.4, -0.2) is 54.2 Å². The molecule has 4 rings (SSSR count). The second kappa shape index (κ2) is 8.17. The Labute approximate surface area is 160 Å². The molecule has 4 nitrogen and oxygen atoms in total. The third-order valence-corrected chi connectivity index (χ3v) is 6.91. The zero-order valence-electron chi connectivity index (χ0n) is 15.6. The number of pyridine rings is 1. The van der Waals surface area contributed by atoms with E-state index in [1.165, 1.54) is 49.5 Å². The average Bonchev–Trinajstić information content (AvgIpc) is 3.27. The third-order valence-electron chi connectivity index (χ3n) is 6.05. The van der Waals surface area contributed by atoms with E-state index in [0.717, 1.165) is 19.7 Å². The molecular weight excluding hydrogens is 342 g/mol. The Hall–Kier alpha value is -1.27. The van der Waals surface area contributed by atoms with Gasteiger partial charge in [-0.05, 0) is 61.3 Å². The molecule has 0 aromatic carbocycles. The summed E-state index contributed by atoms with van der Waals surface area (Å²) in [5.74, 6) is 0. The van der Waals surface area contributed by atoms with Gasteiger partial charge in [0.15, 0.2) is 0 Å². The fraction of sp³-hybridized carbons (Fsp3) is 0.571. The summed E-state index contributed by atoms with van der Waals surface area (Å²) >= 11 is 1.88. The molecule has 4 heterocycles. The number of rotatable bonds is 6. The molecule has 140 valence electrons. The number of piperidine rings is 1. The lowest BCUT2D eigenvalue weighted by atomic mass is 9.76. The van der Waals surface area contributed by atoms with Gasteiger partial charge < -0.3 is 4.74 Å². The molecule has 0 amide bonds. The molecule has 0 bridgehead atoms. The highest BCUT2D eigenvalue weighted by atomic mass is 32.1. The van der Waals surface area contributed by atoms with Gasteiger partial charge in [-0.2, -0.15) is 0 Å². The summed E-state index contributed by atoms with van der Waals surface area (Å²) < 4.78 is 5.55. The first-order chi connectivity index (χ1) is 12.8. The number of methoxy groups -OCH3 is 1. The Balaban J connectivity index is 1.38. The standard InChI is InChI=1S/C21H29N3OS/c1-25-16-19-13-21(17-24(19)14-18-5-2-3-9-22-18)7-10-23(11-8-21)15-20-6-4-12-26-20/h2-6,9,12,19H,7-8,10-11,13-17H2,1H3/t19-/m1/s1. The summed E-state index contributed by atoms with van der Waals surface area (Å²) in [4.78, 5) is 11.3. The van der Waals surface area contributed by atoms with Crippen LogP contribution >= 0.6 is 11.3 Å². The predicted molar refractivity (Wildman–Crippen MR) is 106 cm³/mol. The maximum absolute atomic E-state index is 5.55. The van der Waals surface area contributed by atoms with Crippen LogP contribution in [0.5, 0.6) is 0 Å². The number of ether oxygens (including phenoxy) is 1. The van der Waals surface area contributed by atoms with Crippen molar-refractivity contribution in [3.8, 4) is 0 Å². The molecule has 2 fully saturated rings. The molecule has 2 aliphatic heterocycles. The topological polar surface area (TPSA) is 28.6 Å². The summed E-state index contributed by atoms with van der Waals surface area (Å²) in [6, 6.07) is 11.2. The fourth-order valence-corrected chi connectivity index (χ4v) is 5.41. The van der Waals surface area contributed by atoms with Gasteiger partial charge in [0, 0.05) is 43.9 Å². The number of nitrogens with zero attached hydrogens (tertiary/aromatic N) is 3. The molecule has 2 aliphatic rings. The van der Waals surface area contributed by atoms with E-state index in [2.05, 4.69) is 44.4 Å². The second-order valence-electron chi connectivity index (χ2n) is 7.89. The molecule has 0 unspecified atom stereocenters. The first kappa shape index (κ1) is 18.1. The number of likely N-dealkylation sites (tertiary alicyclic amines) is 2. The zero-order valence-corrected chi connectivity index (χ0v) is 16.5. The molecule has 5 heteroatoms. The van der Waals surface area contributed by atoms with Crippen molar-refractivity contribution < 1.29 is 4.74 Å². The molecule has 2 aromatic rings. The largest absolute Gasteiger partial charge is 0.383 e. The normalized spacial score (nSPS) is 23.7. The number of aromatic nitrogens is 1. The Kier molecular flexibility index (Phi) is 5.69. The Morgan fingerprint density at radius 3 is 2.77 bits per heavy atom. The molecular formula is C21H29N3OS. The summed E-state index contributed by atoms with van der Waals surface area (Å²) in [5, 5.41) is 2.18. The first-order valence-electron chi connectivity index (χ1n) is 9.64. The Morgan fingerprint density at radius 2 is 2.08 bits per heavy atom. The van der Waals surface area contributed by atoms with Gasteiger partial charge in [0.2, 0.25) is 0 Å². The van der Waals surface area contributed by atoms with Crippen molar-refractivity contribution >= 4 is 11.3 Å². The van der Waals surface area contributed by atoms with Gasteiger partial charge in [-0.3, -0.25) is 14.8 Å². The molecule has 0 saturated carbocycles. The lowest BCUT2D eigenvalue weighted by molar-refractivity contribution is 0.102. The summed E-state index contributed by atoms with van der Waals surface area (Å²) in [5.41, 5.74) is 1.63. The van der Waals surface area contributed by atoms with Crippen molar-refractivity contribution in [2.45, 2.75) is 38.4 Å². The van der Waals surface area contributed by atoms with E-state index < -0.39 is 0 Å². The Morgan fingerprint density at radius 1 is 1.19 bits per heavy atom. The van der Waals surface area contributed by atoms with Crippen LogP contribution in [0.25, 0.3) is 0 Å². The lowest BCUT2D eigenvalue weighted by Crippen LogP contribution is -2.41. The summed E-state index contributed by atoms with van der Waals surface area (Å²) in [6.07, 6.45) is 5.77. The quantitative estimate of drug-likeness (QED) is 0.775. The van der Waals surface area contributed by atoms with Crippen molar-refractivity contribution in [1.29, 1.82) is 0 Å². The van der Waals surface area contributed by atoms with E-state index in [1.54, 1.807) is 0 Å². The van der Waals surface area contributed by atoms with E-state index >= 15 is 0 Å². The van der Waals surface area contributed by atoms with Gasteiger partial charge in [-0.15, -0.1) is 11.3 Å². The zero-order chi connectivity index (χ0) is 17.8. The minimum absolute atomic E-state index is 0.462. The van der Waals surface area contributed by atoms with Gasteiger partial charge in [0.1, 0.15) is 0 Å². The van der Waals surface area contributed by atoms with E-state index in [-0.39, 0.29) is 0 Å². The van der Waals surface area contributed by atoms with Crippen LogP contribution < -0.4 is 0 Å². The van der Waals surface area contributed by atoms with Crippen LogP contribution in [0, 0.1) is 5.41 Å². The molecule has 2 aromatic heterocycles. The highest BCUT2D eigenvalue weighted by molar-refractivity contribution is 7.09. The highest BCUT2D eigenvalue weighted by Gasteiger charge is 2.45. The van der Waals surface area contributed by atoms with E-state index in [4.69, 9.17) is 4.74 Å². The van der Waals surface area contributed by atoms with Crippen LogP contribution in [0.15, 0.2) is 41.9 Å². The maximum Gasteiger partial charge on any atom is 0.0618 e. The van der Waals surface area contributed by atoms with Crippen LogP contribution in [0.4, 0.5) is 0 Å². The predicted octanol–water partition coefficient (Wildman–Crippen LogP) is 3.65. The number of hydrogen-bond acceptors (Lipinski definition) is 5. The first-order valence-corrected chi connectivity index (χ1v) is 10.5. The third kappa shape index (κ3) is 4.17. The van der Waals surface area contributed by atoms with Gasteiger partial charge >= 0.3 is 0 Å². The van der Waals surface area contributed by atoms with E-state index in [9.17, 15) is 0 Å². The minimum Gasteiger partial charge on any atom is -0.383 e. The molecule has 2 saturated heterocycles. The lowest BCUT2D eigenvalue weighted by Gasteiger charge is -2.39. The van der Waals surface area contributed by atoms with Gasteiger partial charge in [-0.1, -0.05) is 12.1 Å². The Bertz CT molecular complexity index is 668. The number of hydrogen-bond donors (Lipinski definition) is 0. The van der Waals surface area contributed by atoms with Crippen molar-refractivity contribution in [3.63, 3.8) is 0 Å². The SMILES string of the molecule is COC[C@H]1CC2(CCN(Cc3cccs3)CC2)CN1Cc1ccccn1. The second-order valence-corrected chi connectivity index (χ2v) is 8.93. The summed E-state index contributed by atoms with van der Waals surface area (Å²) in [6.45, 7) is 6.50. The maximum atomic E-state index is 5.55. The van der Waals surface area contributed by atoms with Crippen LogP contribution in [0.3, 0.4) is 0 Å². The van der Waals surface area contributed by atoms with Crippen molar-refractivity contribution in [1.82, 2.24) is 14.8 Å². The minimum atomic E-state index is 0.462. The molecule has 1 spiro atoms. The number of thiophene rings is 1. The van der Waals surface area contributed by atoms with Crippen LogP contribution in [0.1, 0.15) is 29.8 Å². The molecule has 0 radical (unpaired) electrons. The van der Waals surface area contributed by atoms with Gasteiger partial charge in [0.25, 0.3) is 0 Å². The van der Waals surface area contributed by atoms with Crippen molar-refractivity contribution in [3.05, 3.63) is 52.5 Å². The monoisotopic (exact) mass is 371 g/mol. The summed E-state index contributed by atoms with van der Waals surface area (Å²) in [7, 11) is 1.83. The van der Waals surface area contributed by atoms with Crippen molar-refractivity contribution in [2.24, 2.45) is 5.41 Å².